The number of aliphatic carboxylic acids is 1. The van der Waals surface area contributed by atoms with Crippen LogP contribution in [-0.2, 0) is 22.4 Å². The van der Waals surface area contributed by atoms with Gasteiger partial charge in [-0.15, -0.1) is 11.3 Å². The van der Waals surface area contributed by atoms with Crippen molar-refractivity contribution < 1.29 is 19.4 Å². The van der Waals surface area contributed by atoms with Crippen molar-refractivity contribution in [1.82, 2.24) is 5.32 Å². The highest BCUT2D eigenvalue weighted by atomic mass is 32.1. The van der Waals surface area contributed by atoms with Crippen LogP contribution in [0.2, 0.25) is 0 Å². The van der Waals surface area contributed by atoms with Gasteiger partial charge in [0.25, 0.3) is 5.91 Å². The summed E-state index contributed by atoms with van der Waals surface area (Å²) >= 11 is 1.54. The number of rotatable bonds is 3. The van der Waals surface area contributed by atoms with Gasteiger partial charge in [0.1, 0.15) is 5.41 Å². The fraction of sp³-hybridized carbons (Fsp3) is 0.600. The van der Waals surface area contributed by atoms with Crippen molar-refractivity contribution >= 4 is 23.2 Å². The third kappa shape index (κ3) is 2.58. The number of carbonyl (C=O) groups is 2. The fourth-order valence-electron chi connectivity index (χ4n) is 2.92. The van der Waals surface area contributed by atoms with Gasteiger partial charge in [-0.05, 0) is 44.2 Å². The monoisotopic (exact) mass is 309 g/mol. The zero-order valence-corrected chi connectivity index (χ0v) is 12.8. The zero-order valence-electron chi connectivity index (χ0n) is 12.0. The molecular weight excluding hydrogens is 290 g/mol. The molecule has 1 saturated heterocycles. The number of hydrogen-bond donors (Lipinski definition) is 2. The number of carboxylic acid groups (broad SMARTS) is 1. The standard InChI is InChI=1S/C15H19NO4S/c1-15(14(18)19)8-20-7-12(15)16-13(17)11-6-9-4-2-3-5-10(9)21-11/h6,12H,2-5,7-8H2,1H3,(H,16,17)(H,18,19). The average molecular weight is 309 g/mol. The van der Waals surface area contributed by atoms with E-state index in [9.17, 15) is 14.7 Å². The summed E-state index contributed by atoms with van der Waals surface area (Å²) in [4.78, 5) is 25.7. The molecule has 1 aromatic heterocycles. The van der Waals surface area contributed by atoms with E-state index < -0.39 is 17.4 Å². The van der Waals surface area contributed by atoms with Gasteiger partial charge in [0, 0.05) is 4.88 Å². The SMILES string of the molecule is CC1(C(=O)O)COCC1NC(=O)c1cc2c(s1)CCCC2. The second kappa shape index (κ2) is 5.42. The molecule has 1 amide bonds. The molecule has 5 nitrogen and oxygen atoms in total. The first kappa shape index (κ1) is 14.5. The normalized spacial score (nSPS) is 28.1. The van der Waals surface area contributed by atoms with Crippen LogP contribution < -0.4 is 5.32 Å². The fourth-order valence-corrected chi connectivity index (χ4v) is 4.07. The number of nitrogens with one attached hydrogen (secondary N) is 1. The number of hydrogen-bond acceptors (Lipinski definition) is 4. The predicted octanol–water partition coefficient (Wildman–Crippen LogP) is 1.85. The van der Waals surface area contributed by atoms with Gasteiger partial charge in [0.2, 0.25) is 0 Å². The number of aryl methyl sites for hydroxylation is 2. The summed E-state index contributed by atoms with van der Waals surface area (Å²) in [6, 6.07) is 1.48. The molecule has 0 saturated carbocycles. The molecule has 1 aromatic rings. The van der Waals surface area contributed by atoms with E-state index in [4.69, 9.17) is 4.74 Å². The van der Waals surface area contributed by atoms with E-state index in [-0.39, 0.29) is 19.1 Å². The van der Waals surface area contributed by atoms with Gasteiger partial charge < -0.3 is 15.2 Å². The van der Waals surface area contributed by atoms with E-state index >= 15 is 0 Å². The molecule has 0 bridgehead atoms. The molecule has 2 aliphatic rings. The smallest absolute Gasteiger partial charge is 0.313 e. The molecule has 6 heteroatoms. The van der Waals surface area contributed by atoms with E-state index in [1.807, 2.05) is 6.07 Å². The van der Waals surface area contributed by atoms with Crippen LogP contribution >= 0.6 is 11.3 Å². The summed E-state index contributed by atoms with van der Waals surface area (Å²) in [5.41, 5.74) is 0.229. The first-order chi connectivity index (χ1) is 10.0. The molecule has 3 rings (SSSR count). The third-order valence-corrected chi connectivity index (χ3v) is 5.71. The topological polar surface area (TPSA) is 75.6 Å². The summed E-state index contributed by atoms with van der Waals surface area (Å²) in [6.07, 6.45) is 4.45. The zero-order chi connectivity index (χ0) is 15.0. The van der Waals surface area contributed by atoms with Crippen molar-refractivity contribution in [2.75, 3.05) is 13.2 Å². The lowest BCUT2D eigenvalue weighted by atomic mass is 9.85. The first-order valence-electron chi connectivity index (χ1n) is 7.24. The number of carboxylic acids is 1. The minimum absolute atomic E-state index is 0.133. The minimum atomic E-state index is -1.05. The molecule has 0 aromatic carbocycles. The predicted molar refractivity (Wildman–Crippen MR) is 78.8 cm³/mol. The molecule has 114 valence electrons. The van der Waals surface area contributed by atoms with E-state index in [0.29, 0.717) is 4.88 Å². The molecule has 2 unspecified atom stereocenters. The summed E-state index contributed by atoms with van der Waals surface area (Å²) in [5, 5.41) is 12.2. The Kier molecular flexibility index (Phi) is 3.75. The van der Waals surface area contributed by atoms with Gasteiger partial charge in [-0.1, -0.05) is 0 Å². The summed E-state index contributed by atoms with van der Waals surface area (Å²) in [5.74, 6) is -1.12. The van der Waals surface area contributed by atoms with Crippen LogP contribution in [0.3, 0.4) is 0 Å². The van der Waals surface area contributed by atoms with Crippen molar-refractivity contribution in [2.24, 2.45) is 5.41 Å². The number of thiophene rings is 1. The van der Waals surface area contributed by atoms with E-state index in [2.05, 4.69) is 5.32 Å². The second-order valence-electron chi connectivity index (χ2n) is 6.03. The Labute approximate surface area is 127 Å². The summed E-state index contributed by atoms with van der Waals surface area (Å²) in [7, 11) is 0. The third-order valence-electron chi connectivity index (χ3n) is 4.47. The maximum Gasteiger partial charge on any atom is 0.313 e. The molecular formula is C15H19NO4S. The largest absolute Gasteiger partial charge is 0.481 e. The highest BCUT2D eigenvalue weighted by molar-refractivity contribution is 7.14. The molecule has 1 fully saturated rings. The van der Waals surface area contributed by atoms with Gasteiger partial charge in [-0.3, -0.25) is 9.59 Å². The summed E-state index contributed by atoms with van der Waals surface area (Å²) < 4.78 is 5.26. The van der Waals surface area contributed by atoms with Crippen LogP contribution in [0.5, 0.6) is 0 Å². The number of ether oxygens (including phenoxy) is 1. The van der Waals surface area contributed by atoms with E-state index in [1.54, 1.807) is 6.92 Å². The average Bonchev–Trinajstić information content (AvgIpc) is 3.04. The van der Waals surface area contributed by atoms with Gasteiger partial charge in [-0.25, -0.2) is 0 Å². The van der Waals surface area contributed by atoms with Gasteiger partial charge in [-0.2, -0.15) is 0 Å². The second-order valence-corrected chi connectivity index (χ2v) is 7.17. The van der Waals surface area contributed by atoms with Crippen molar-refractivity contribution in [3.8, 4) is 0 Å². The van der Waals surface area contributed by atoms with Crippen molar-refractivity contribution in [2.45, 2.75) is 38.6 Å². The molecule has 1 aliphatic carbocycles. The maximum absolute atomic E-state index is 12.4. The van der Waals surface area contributed by atoms with Gasteiger partial charge in [0.05, 0.1) is 24.1 Å². The maximum atomic E-state index is 12.4. The van der Waals surface area contributed by atoms with Crippen LogP contribution in [0.4, 0.5) is 0 Å². The van der Waals surface area contributed by atoms with Crippen molar-refractivity contribution in [1.29, 1.82) is 0 Å². The molecule has 2 atom stereocenters. The quantitative estimate of drug-likeness (QED) is 0.893. The lowest BCUT2D eigenvalue weighted by Crippen LogP contribution is -2.49. The van der Waals surface area contributed by atoms with Crippen molar-refractivity contribution in [3.05, 3.63) is 21.4 Å². The Morgan fingerprint density at radius 3 is 2.90 bits per heavy atom. The molecule has 0 radical (unpaired) electrons. The molecule has 1 aliphatic heterocycles. The van der Waals surface area contributed by atoms with Crippen LogP contribution in [-0.4, -0.2) is 36.2 Å². The van der Waals surface area contributed by atoms with E-state index in [1.165, 1.54) is 34.6 Å². The Morgan fingerprint density at radius 1 is 1.43 bits per heavy atom. The number of amides is 1. The number of fused-ring (bicyclic) bond motifs is 1. The Balaban J connectivity index is 1.74. The van der Waals surface area contributed by atoms with Gasteiger partial charge in [0.15, 0.2) is 0 Å². The van der Waals surface area contributed by atoms with Crippen molar-refractivity contribution in [3.63, 3.8) is 0 Å². The Bertz CT molecular complexity index is 559. The first-order valence-corrected chi connectivity index (χ1v) is 8.06. The molecule has 2 heterocycles. The van der Waals surface area contributed by atoms with Gasteiger partial charge >= 0.3 is 5.97 Å². The van der Waals surface area contributed by atoms with Crippen LogP contribution in [0, 0.1) is 5.41 Å². The minimum Gasteiger partial charge on any atom is -0.481 e. The lowest BCUT2D eigenvalue weighted by molar-refractivity contribution is -0.148. The van der Waals surface area contributed by atoms with Crippen LogP contribution in [0.1, 0.15) is 39.9 Å². The van der Waals surface area contributed by atoms with Crippen LogP contribution in [0.25, 0.3) is 0 Å². The lowest BCUT2D eigenvalue weighted by Gasteiger charge is -2.25. The number of carbonyl (C=O) groups excluding carboxylic acids is 1. The Morgan fingerprint density at radius 2 is 2.19 bits per heavy atom. The highest BCUT2D eigenvalue weighted by Crippen LogP contribution is 2.32. The molecule has 2 N–H and O–H groups in total. The van der Waals surface area contributed by atoms with E-state index in [0.717, 1.165) is 12.8 Å². The molecule has 0 spiro atoms. The van der Waals surface area contributed by atoms with Crippen LogP contribution in [0.15, 0.2) is 6.07 Å². The molecule has 21 heavy (non-hydrogen) atoms. The highest BCUT2D eigenvalue weighted by Gasteiger charge is 2.47. The Hall–Kier alpha value is -1.40. The summed E-state index contributed by atoms with van der Waals surface area (Å²) in [6.45, 7) is 2.00.